The highest BCUT2D eigenvalue weighted by molar-refractivity contribution is 6.05. The normalized spacial score (nSPS) is 19.4. The van der Waals surface area contributed by atoms with E-state index in [1.807, 2.05) is 30.3 Å². The zero-order valence-electron chi connectivity index (χ0n) is 16.6. The minimum absolute atomic E-state index is 0.144. The predicted octanol–water partition coefficient (Wildman–Crippen LogP) is 3.63. The van der Waals surface area contributed by atoms with E-state index in [2.05, 4.69) is 15.2 Å². The fraction of sp³-hybridized carbons (Fsp3) is 0.391. The maximum Gasteiger partial charge on any atom is 0.298 e. The van der Waals surface area contributed by atoms with Crippen molar-refractivity contribution >= 4 is 28.7 Å². The number of hydrogen-bond acceptors (Lipinski definition) is 6. The minimum Gasteiger partial charge on any atom is -0.493 e. The standard InChI is InChI=1S/C23H23N3O4/c27-21(16-2-4-19-15(10-16)6-9-29-19)24-17-3-5-20-18(11-17)25-22(30-20)26-12-23(13-26)7-1-8-28-14-23/h2-5,10-11H,1,6-9,12-14H2,(H,24,27). The van der Waals surface area contributed by atoms with Crippen LogP contribution in [0.25, 0.3) is 11.1 Å². The zero-order valence-corrected chi connectivity index (χ0v) is 16.6. The number of carbonyl (C=O) groups is 1. The number of fused-ring (bicyclic) bond motifs is 2. The third kappa shape index (κ3) is 3.01. The third-order valence-corrected chi connectivity index (χ3v) is 6.31. The summed E-state index contributed by atoms with van der Waals surface area (Å²) in [5.41, 5.74) is 4.13. The van der Waals surface area contributed by atoms with E-state index in [0.29, 0.717) is 23.9 Å². The number of aromatic nitrogens is 1. The largest absolute Gasteiger partial charge is 0.493 e. The smallest absolute Gasteiger partial charge is 0.298 e. The Morgan fingerprint density at radius 3 is 2.93 bits per heavy atom. The molecule has 154 valence electrons. The van der Waals surface area contributed by atoms with Crippen molar-refractivity contribution in [1.29, 1.82) is 0 Å². The number of benzene rings is 2. The van der Waals surface area contributed by atoms with Gasteiger partial charge in [0.1, 0.15) is 11.3 Å². The van der Waals surface area contributed by atoms with Gasteiger partial charge in [-0.1, -0.05) is 0 Å². The number of carbonyl (C=O) groups excluding carboxylic acids is 1. The van der Waals surface area contributed by atoms with E-state index in [-0.39, 0.29) is 11.3 Å². The number of oxazole rings is 1. The van der Waals surface area contributed by atoms with Crippen LogP contribution in [0, 0.1) is 5.41 Å². The summed E-state index contributed by atoms with van der Waals surface area (Å²) in [6.07, 6.45) is 3.17. The molecule has 1 amide bonds. The minimum atomic E-state index is -0.144. The molecule has 1 aromatic heterocycles. The molecule has 0 aliphatic carbocycles. The van der Waals surface area contributed by atoms with Crippen LogP contribution in [0.5, 0.6) is 5.75 Å². The lowest BCUT2D eigenvalue weighted by atomic mass is 9.76. The van der Waals surface area contributed by atoms with Crippen molar-refractivity contribution < 1.29 is 18.7 Å². The predicted molar refractivity (Wildman–Crippen MR) is 112 cm³/mol. The molecular formula is C23H23N3O4. The topological polar surface area (TPSA) is 76.8 Å². The lowest BCUT2D eigenvalue weighted by molar-refractivity contribution is -0.0249. The molecule has 3 aliphatic heterocycles. The SMILES string of the molecule is O=C(Nc1ccc2oc(N3CC4(CCCOC4)C3)nc2c1)c1ccc2c(c1)CCO2. The van der Waals surface area contributed by atoms with Crippen molar-refractivity contribution in [3.05, 3.63) is 47.5 Å². The molecular weight excluding hydrogens is 382 g/mol. The molecule has 0 unspecified atom stereocenters. The van der Waals surface area contributed by atoms with Crippen molar-refractivity contribution in [3.8, 4) is 5.75 Å². The molecule has 2 saturated heterocycles. The number of hydrogen-bond donors (Lipinski definition) is 1. The summed E-state index contributed by atoms with van der Waals surface area (Å²) in [5.74, 6) is 0.727. The maximum atomic E-state index is 12.7. The fourth-order valence-corrected chi connectivity index (χ4v) is 4.72. The third-order valence-electron chi connectivity index (χ3n) is 6.31. The Labute approximate surface area is 174 Å². The van der Waals surface area contributed by atoms with Crippen molar-refractivity contribution in [3.63, 3.8) is 0 Å². The maximum absolute atomic E-state index is 12.7. The molecule has 3 aliphatic rings. The van der Waals surface area contributed by atoms with Gasteiger partial charge < -0.3 is 24.1 Å². The van der Waals surface area contributed by atoms with Gasteiger partial charge in [0.2, 0.25) is 0 Å². The monoisotopic (exact) mass is 405 g/mol. The van der Waals surface area contributed by atoms with Crippen molar-refractivity contribution in [2.45, 2.75) is 19.3 Å². The molecule has 2 fully saturated rings. The van der Waals surface area contributed by atoms with Gasteiger partial charge >= 0.3 is 0 Å². The summed E-state index contributed by atoms with van der Waals surface area (Å²) < 4.78 is 17.1. The van der Waals surface area contributed by atoms with Crippen LogP contribution in [0.15, 0.2) is 40.8 Å². The molecule has 7 heteroatoms. The van der Waals surface area contributed by atoms with Crippen LogP contribution in [0.2, 0.25) is 0 Å². The first kappa shape index (κ1) is 17.8. The number of ether oxygens (including phenoxy) is 2. The van der Waals surface area contributed by atoms with E-state index < -0.39 is 0 Å². The molecule has 3 aromatic rings. The van der Waals surface area contributed by atoms with Gasteiger partial charge in [-0.15, -0.1) is 0 Å². The van der Waals surface area contributed by atoms with Crippen LogP contribution < -0.4 is 15.0 Å². The van der Waals surface area contributed by atoms with Crippen molar-refractivity contribution in [1.82, 2.24) is 4.98 Å². The van der Waals surface area contributed by atoms with Crippen LogP contribution in [0.4, 0.5) is 11.7 Å². The van der Waals surface area contributed by atoms with Gasteiger partial charge in [0.15, 0.2) is 5.58 Å². The summed E-state index contributed by atoms with van der Waals surface area (Å²) in [6.45, 7) is 4.22. The quantitative estimate of drug-likeness (QED) is 0.717. The fourth-order valence-electron chi connectivity index (χ4n) is 4.72. The van der Waals surface area contributed by atoms with Crippen molar-refractivity contribution in [2.75, 3.05) is 43.1 Å². The molecule has 0 radical (unpaired) electrons. The Morgan fingerprint density at radius 1 is 1.13 bits per heavy atom. The van der Waals surface area contributed by atoms with Gasteiger partial charge in [-0.25, -0.2) is 0 Å². The van der Waals surface area contributed by atoms with Gasteiger partial charge in [0, 0.05) is 42.8 Å². The molecule has 0 saturated carbocycles. The van der Waals surface area contributed by atoms with E-state index in [1.54, 1.807) is 6.07 Å². The Hall–Kier alpha value is -3.06. The van der Waals surface area contributed by atoms with Gasteiger partial charge in [0.25, 0.3) is 11.9 Å². The van der Waals surface area contributed by atoms with Gasteiger partial charge in [0.05, 0.1) is 13.2 Å². The van der Waals surface area contributed by atoms with Crippen LogP contribution in [-0.4, -0.2) is 43.8 Å². The molecule has 30 heavy (non-hydrogen) atoms. The molecule has 6 rings (SSSR count). The molecule has 1 spiro atoms. The van der Waals surface area contributed by atoms with E-state index in [0.717, 1.165) is 61.6 Å². The van der Waals surface area contributed by atoms with Crippen LogP contribution in [0.3, 0.4) is 0 Å². The average Bonchev–Trinajstić information content (AvgIpc) is 3.38. The van der Waals surface area contributed by atoms with Gasteiger partial charge in [-0.2, -0.15) is 4.98 Å². The second-order valence-corrected chi connectivity index (χ2v) is 8.57. The molecule has 0 atom stereocenters. The van der Waals surface area contributed by atoms with Crippen molar-refractivity contribution in [2.24, 2.45) is 5.41 Å². The molecule has 4 heterocycles. The van der Waals surface area contributed by atoms with E-state index >= 15 is 0 Å². The van der Waals surface area contributed by atoms with Crippen LogP contribution in [0.1, 0.15) is 28.8 Å². The van der Waals surface area contributed by atoms with E-state index in [4.69, 9.17) is 13.9 Å². The first-order valence-corrected chi connectivity index (χ1v) is 10.5. The molecule has 2 aromatic carbocycles. The molecule has 7 nitrogen and oxygen atoms in total. The molecule has 1 N–H and O–H groups in total. The van der Waals surface area contributed by atoms with Crippen LogP contribution in [-0.2, 0) is 11.2 Å². The average molecular weight is 405 g/mol. The lowest BCUT2D eigenvalue weighted by Crippen LogP contribution is -2.60. The molecule has 0 bridgehead atoms. The lowest BCUT2D eigenvalue weighted by Gasteiger charge is -2.51. The summed E-state index contributed by atoms with van der Waals surface area (Å²) in [7, 11) is 0. The second kappa shape index (κ2) is 6.74. The highest BCUT2D eigenvalue weighted by Gasteiger charge is 2.46. The summed E-state index contributed by atoms with van der Waals surface area (Å²) in [4.78, 5) is 19.5. The van der Waals surface area contributed by atoms with E-state index in [9.17, 15) is 4.79 Å². The summed E-state index contributed by atoms with van der Waals surface area (Å²) in [5, 5.41) is 2.96. The summed E-state index contributed by atoms with van der Waals surface area (Å²) in [6, 6.07) is 11.8. The van der Waals surface area contributed by atoms with Crippen LogP contribution >= 0.6 is 0 Å². The summed E-state index contributed by atoms with van der Waals surface area (Å²) >= 11 is 0. The number of nitrogens with one attached hydrogen (secondary N) is 1. The number of nitrogens with zero attached hydrogens (tertiary/aromatic N) is 2. The Bertz CT molecular complexity index is 1120. The number of amides is 1. The Balaban J connectivity index is 1.17. The van der Waals surface area contributed by atoms with Gasteiger partial charge in [-0.3, -0.25) is 4.79 Å². The van der Waals surface area contributed by atoms with E-state index in [1.165, 1.54) is 6.42 Å². The number of anilines is 2. The second-order valence-electron chi connectivity index (χ2n) is 8.57. The first-order valence-electron chi connectivity index (χ1n) is 10.5. The zero-order chi connectivity index (χ0) is 20.1. The van der Waals surface area contributed by atoms with Gasteiger partial charge in [-0.05, 0) is 54.8 Å². The highest BCUT2D eigenvalue weighted by Crippen LogP contribution is 2.41. The highest BCUT2D eigenvalue weighted by atomic mass is 16.5. The number of rotatable bonds is 3. The first-order chi connectivity index (χ1) is 14.7. The Kier molecular flexibility index (Phi) is 3.99. The Morgan fingerprint density at radius 2 is 2.07 bits per heavy atom.